The minimum atomic E-state index is -1.41. The zero-order valence-electron chi connectivity index (χ0n) is 16.3. The molecule has 0 saturated heterocycles. The quantitative estimate of drug-likeness (QED) is 0.257. The molecule has 0 radical (unpaired) electrons. The Bertz CT molecular complexity index is 932. The Kier molecular flexibility index (Phi) is 8.51. The highest BCUT2D eigenvalue weighted by atomic mass is 16.7. The summed E-state index contributed by atoms with van der Waals surface area (Å²) < 4.78 is 20.7. The normalized spacial score (nSPS) is 10.4. The van der Waals surface area contributed by atoms with E-state index >= 15 is 0 Å². The van der Waals surface area contributed by atoms with Crippen LogP contribution in [0.15, 0.2) is 36.4 Å². The molecule has 0 amide bonds. The summed E-state index contributed by atoms with van der Waals surface area (Å²) in [6, 6.07) is 6.96. The molecular formula is C20H18O12. The molecule has 2 rings (SSSR count). The van der Waals surface area contributed by atoms with E-state index in [4.69, 9.17) is 39.4 Å². The van der Waals surface area contributed by atoms with Gasteiger partial charge in [0, 0.05) is 0 Å². The van der Waals surface area contributed by atoms with E-state index in [1.54, 1.807) is 0 Å². The number of carboxylic acid groups (broad SMARTS) is 4. The first-order valence-corrected chi connectivity index (χ1v) is 8.83. The van der Waals surface area contributed by atoms with Gasteiger partial charge in [-0.15, -0.1) is 0 Å². The average Bonchev–Trinajstić information content (AvgIpc) is 2.74. The molecule has 0 aliphatic carbocycles. The molecular weight excluding hydrogens is 432 g/mol. The molecule has 0 spiro atoms. The summed E-state index contributed by atoms with van der Waals surface area (Å²) in [5.41, 5.74) is -1.57. The number of benzene rings is 2. The third-order valence-corrected chi connectivity index (χ3v) is 3.89. The van der Waals surface area contributed by atoms with Gasteiger partial charge < -0.3 is 39.4 Å². The Hall–Kier alpha value is -4.16. The van der Waals surface area contributed by atoms with E-state index in [1.165, 1.54) is 12.1 Å². The number of hydrogen-bond donors (Lipinski definition) is 4. The summed E-state index contributed by atoms with van der Waals surface area (Å²) in [7, 11) is 0. The lowest BCUT2D eigenvalue weighted by Crippen LogP contribution is -2.13. The molecule has 0 saturated carbocycles. The number of ether oxygens (including phenoxy) is 4. The van der Waals surface area contributed by atoms with Crippen molar-refractivity contribution in [1.29, 1.82) is 0 Å². The van der Waals surface area contributed by atoms with Gasteiger partial charge in [0.1, 0.15) is 11.5 Å². The fourth-order valence-corrected chi connectivity index (χ4v) is 2.41. The van der Waals surface area contributed by atoms with Crippen molar-refractivity contribution in [2.45, 2.75) is 0 Å². The molecule has 0 atom stereocenters. The van der Waals surface area contributed by atoms with Gasteiger partial charge in [-0.05, 0) is 36.4 Å². The predicted molar refractivity (Wildman–Crippen MR) is 104 cm³/mol. The van der Waals surface area contributed by atoms with Gasteiger partial charge in [-0.1, -0.05) is 0 Å². The number of carboxylic acids is 4. The minimum Gasteiger partial charge on any atom is -0.478 e. The third-order valence-electron chi connectivity index (χ3n) is 3.89. The first-order chi connectivity index (χ1) is 15.2. The lowest BCUT2D eigenvalue weighted by atomic mass is 10.1. The monoisotopic (exact) mass is 450 g/mol. The van der Waals surface area contributed by atoms with E-state index in [0.717, 1.165) is 24.3 Å². The van der Waals surface area contributed by atoms with Gasteiger partial charge in [0.05, 0.1) is 35.5 Å². The molecule has 4 N–H and O–H groups in total. The molecule has 0 aromatic heterocycles. The molecule has 0 heterocycles. The van der Waals surface area contributed by atoms with Crippen molar-refractivity contribution in [2.75, 3.05) is 26.8 Å². The number of carbonyl (C=O) groups is 4. The maximum atomic E-state index is 11.1. The van der Waals surface area contributed by atoms with Gasteiger partial charge in [0.2, 0.25) is 0 Å². The van der Waals surface area contributed by atoms with Crippen LogP contribution in [0.4, 0.5) is 0 Å². The van der Waals surface area contributed by atoms with Crippen LogP contribution in [-0.4, -0.2) is 71.1 Å². The Morgan fingerprint density at radius 3 is 1.22 bits per heavy atom. The molecule has 0 unspecified atom stereocenters. The van der Waals surface area contributed by atoms with Crippen LogP contribution < -0.4 is 9.47 Å². The van der Waals surface area contributed by atoms with Gasteiger partial charge in [0.25, 0.3) is 0 Å². The van der Waals surface area contributed by atoms with Crippen molar-refractivity contribution >= 4 is 23.9 Å². The van der Waals surface area contributed by atoms with E-state index in [0.29, 0.717) is 0 Å². The van der Waals surface area contributed by atoms with Crippen molar-refractivity contribution in [2.24, 2.45) is 0 Å². The van der Waals surface area contributed by atoms with Crippen molar-refractivity contribution in [3.8, 4) is 11.5 Å². The minimum absolute atomic E-state index is 0.0701. The van der Waals surface area contributed by atoms with E-state index < -0.39 is 35.0 Å². The van der Waals surface area contributed by atoms with Crippen LogP contribution in [0.5, 0.6) is 11.5 Å². The maximum absolute atomic E-state index is 11.1. The Morgan fingerprint density at radius 1 is 0.562 bits per heavy atom. The number of rotatable bonds is 13. The average molecular weight is 450 g/mol. The van der Waals surface area contributed by atoms with Crippen LogP contribution in [0.2, 0.25) is 0 Å². The first-order valence-electron chi connectivity index (χ1n) is 8.83. The number of hydrogen-bond acceptors (Lipinski definition) is 8. The van der Waals surface area contributed by atoms with Crippen LogP contribution in [-0.2, 0) is 9.47 Å². The molecule has 0 aliphatic rings. The van der Waals surface area contributed by atoms with Gasteiger partial charge in [-0.2, -0.15) is 0 Å². The summed E-state index contributed by atoms with van der Waals surface area (Å²) in [6.07, 6.45) is 0. The number of aromatic carboxylic acids is 4. The van der Waals surface area contributed by atoms with Gasteiger partial charge in [-0.3, -0.25) is 0 Å². The Morgan fingerprint density at radius 2 is 0.906 bits per heavy atom. The van der Waals surface area contributed by atoms with Crippen molar-refractivity contribution in [3.63, 3.8) is 0 Å². The van der Waals surface area contributed by atoms with E-state index in [9.17, 15) is 19.2 Å². The second-order valence-electron chi connectivity index (χ2n) is 5.98. The smallest absolute Gasteiger partial charge is 0.336 e. The molecule has 12 nitrogen and oxygen atoms in total. The Balaban J connectivity index is 1.71. The summed E-state index contributed by atoms with van der Waals surface area (Å²) in [5, 5.41) is 36.0. The third kappa shape index (κ3) is 6.68. The lowest BCUT2D eigenvalue weighted by molar-refractivity contribution is -0.0458. The van der Waals surface area contributed by atoms with Crippen LogP contribution in [0.1, 0.15) is 41.4 Å². The molecule has 0 bridgehead atoms. The summed E-state index contributed by atoms with van der Waals surface area (Å²) in [4.78, 5) is 44.2. The lowest BCUT2D eigenvalue weighted by Gasteiger charge is -2.10. The first kappa shape index (κ1) is 24.1. The van der Waals surface area contributed by atoms with Gasteiger partial charge >= 0.3 is 23.9 Å². The molecule has 0 fully saturated rings. The van der Waals surface area contributed by atoms with E-state index in [2.05, 4.69) is 0 Å². The zero-order chi connectivity index (χ0) is 23.7. The van der Waals surface area contributed by atoms with Gasteiger partial charge in [-0.25, -0.2) is 19.2 Å². The van der Waals surface area contributed by atoms with E-state index in [1.807, 2.05) is 0 Å². The summed E-state index contributed by atoms with van der Waals surface area (Å²) in [5.74, 6) is -5.35. The Labute approximate surface area is 180 Å². The highest BCUT2D eigenvalue weighted by Gasteiger charge is 2.17. The van der Waals surface area contributed by atoms with Crippen molar-refractivity contribution in [1.82, 2.24) is 0 Å². The standard InChI is InChI=1S/C20H18O12/c21-17(22)13-3-1-11(7-15(13)19(25)26)31-9-29-5-6-30-10-32-12-2-4-14(18(23)24)16(8-12)20(27)28/h1-4,7-8H,5-6,9-10H2,(H,21,22)(H,23,24)(H,25,26)(H,27,28). The highest BCUT2D eigenvalue weighted by Crippen LogP contribution is 2.19. The van der Waals surface area contributed by atoms with Crippen molar-refractivity contribution in [3.05, 3.63) is 58.7 Å². The fourth-order valence-electron chi connectivity index (χ4n) is 2.41. The second kappa shape index (κ2) is 11.3. The highest BCUT2D eigenvalue weighted by molar-refractivity contribution is 6.02. The molecule has 2 aromatic rings. The fraction of sp³-hybridized carbons (Fsp3) is 0.200. The maximum Gasteiger partial charge on any atom is 0.336 e. The summed E-state index contributed by atoms with van der Waals surface area (Å²) in [6.45, 7) is -0.371. The summed E-state index contributed by atoms with van der Waals surface area (Å²) >= 11 is 0. The predicted octanol–water partition coefficient (Wildman–Crippen LogP) is 1.89. The van der Waals surface area contributed by atoms with Crippen LogP contribution >= 0.6 is 0 Å². The molecule has 32 heavy (non-hydrogen) atoms. The molecule has 0 aliphatic heterocycles. The van der Waals surface area contributed by atoms with Crippen LogP contribution in [0.25, 0.3) is 0 Å². The molecule has 170 valence electrons. The second-order valence-corrected chi connectivity index (χ2v) is 5.98. The van der Waals surface area contributed by atoms with Crippen LogP contribution in [0.3, 0.4) is 0 Å². The molecule has 12 heteroatoms. The largest absolute Gasteiger partial charge is 0.478 e. The topological polar surface area (TPSA) is 186 Å². The zero-order valence-corrected chi connectivity index (χ0v) is 16.3. The molecule has 2 aromatic carbocycles. The van der Waals surface area contributed by atoms with Crippen LogP contribution in [0, 0.1) is 0 Å². The SMILES string of the molecule is O=C(O)c1ccc(OCOCCOCOc2ccc(C(=O)O)c(C(=O)O)c2)cc1C(=O)O. The van der Waals surface area contributed by atoms with E-state index in [-0.39, 0.29) is 49.4 Å². The van der Waals surface area contributed by atoms with Gasteiger partial charge in [0.15, 0.2) is 13.6 Å². The van der Waals surface area contributed by atoms with Crippen molar-refractivity contribution < 1.29 is 58.6 Å².